The molecule has 0 aromatic carbocycles. The van der Waals surface area contributed by atoms with Crippen molar-refractivity contribution in [3.05, 3.63) is 0 Å². The average molecular weight is 376 g/mol. The Morgan fingerprint density at radius 3 is 1.04 bits per heavy atom. The van der Waals surface area contributed by atoms with Crippen LogP contribution in [-0.2, 0) is 9.59 Å². The zero-order valence-corrected chi connectivity index (χ0v) is 16.5. The maximum atomic E-state index is 12.2. The molecule has 4 unspecified atom stereocenters. The molecule has 2 amide bonds. The molecule has 0 aliphatic carbocycles. The van der Waals surface area contributed by atoms with Crippen molar-refractivity contribution in [2.75, 3.05) is 26.2 Å². The van der Waals surface area contributed by atoms with Crippen LogP contribution in [0.3, 0.4) is 0 Å². The summed E-state index contributed by atoms with van der Waals surface area (Å²) in [6.07, 6.45) is -1.19. The van der Waals surface area contributed by atoms with Crippen molar-refractivity contribution < 1.29 is 30.0 Å². The summed E-state index contributed by atoms with van der Waals surface area (Å²) >= 11 is 0. The first-order chi connectivity index (χ1) is 12.0. The molecule has 8 heteroatoms. The van der Waals surface area contributed by atoms with Gasteiger partial charge in [-0.2, -0.15) is 0 Å². The van der Waals surface area contributed by atoms with Crippen LogP contribution in [0.1, 0.15) is 53.4 Å². The highest BCUT2D eigenvalue weighted by Gasteiger charge is 2.19. The minimum atomic E-state index is -0.672. The standard InChI is InChI=1S/C18H36N2O6/c1-13(21)9-19(10-14(2)22)17(25)7-5-6-8-18(26)20(11-15(3)23)12-16(4)24/h13-16,21-24H,5-12H2,1-4H3. The van der Waals surface area contributed by atoms with Crippen molar-refractivity contribution >= 4 is 11.8 Å². The van der Waals surface area contributed by atoms with E-state index in [-0.39, 0.29) is 50.8 Å². The lowest BCUT2D eigenvalue weighted by atomic mass is 10.1. The van der Waals surface area contributed by atoms with E-state index < -0.39 is 24.4 Å². The molecule has 154 valence electrons. The number of carbonyl (C=O) groups is 2. The summed E-state index contributed by atoms with van der Waals surface area (Å²) in [5, 5.41) is 37.9. The molecule has 0 aromatic heterocycles. The van der Waals surface area contributed by atoms with E-state index in [0.717, 1.165) is 0 Å². The Hall–Kier alpha value is -1.22. The topological polar surface area (TPSA) is 122 Å². The number of amides is 2. The highest BCUT2D eigenvalue weighted by molar-refractivity contribution is 5.77. The second-order valence-corrected chi connectivity index (χ2v) is 7.20. The molecule has 4 atom stereocenters. The van der Waals surface area contributed by atoms with Gasteiger partial charge in [0.2, 0.25) is 11.8 Å². The molecule has 0 aliphatic heterocycles. The van der Waals surface area contributed by atoms with E-state index in [1.807, 2.05) is 0 Å². The third-order valence-corrected chi connectivity index (χ3v) is 3.68. The van der Waals surface area contributed by atoms with Crippen molar-refractivity contribution in [3.8, 4) is 0 Å². The van der Waals surface area contributed by atoms with Gasteiger partial charge in [0.15, 0.2) is 0 Å². The van der Waals surface area contributed by atoms with Gasteiger partial charge in [-0.3, -0.25) is 9.59 Å². The van der Waals surface area contributed by atoms with Crippen LogP contribution < -0.4 is 0 Å². The molecule has 0 radical (unpaired) electrons. The Kier molecular flexibility index (Phi) is 12.4. The van der Waals surface area contributed by atoms with Crippen LogP contribution in [0.25, 0.3) is 0 Å². The maximum absolute atomic E-state index is 12.2. The summed E-state index contributed by atoms with van der Waals surface area (Å²) < 4.78 is 0. The van der Waals surface area contributed by atoms with E-state index in [9.17, 15) is 30.0 Å². The highest BCUT2D eigenvalue weighted by Crippen LogP contribution is 2.08. The van der Waals surface area contributed by atoms with E-state index in [1.165, 1.54) is 9.80 Å². The van der Waals surface area contributed by atoms with Crippen molar-refractivity contribution in [3.63, 3.8) is 0 Å². The number of hydrogen-bond acceptors (Lipinski definition) is 6. The minimum absolute atomic E-state index is 0.163. The molecule has 26 heavy (non-hydrogen) atoms. The summed E-state index contributed by atoms with van der Waals surface area (Å²) in [4.78, 5) is 27.3. The van der Waals surface area contributed by atoms with Crippen LogP contribution in [-0.4, -0.2) is 92.6 Å². The Balaban J connectivity index is 4.38. The summed E-state index contributed by atoms with van der Waals surface area (Å²) in [6.45, 7) is 7.00. The molecule has 0 saturated heterocycles. The zero-order chi connectivity index (χ0) is 20.3. The van der Waals surface area contributed by atoms with Gasteiger partial charge in [0.1, 0.15) is 0 Å². The second-order valence-electron chi connectivity index (χ2n) is 7.20. The first kappa shape index (κ1) is 24.8. The fourth-order valence-corrected chi connectivity index (χ4v) is 2.70. The molecule has 0 saturated carbocycles. The Morgan fingerprint density at radius 1 is 0.615 bits per heavy atom. The van der Waals surface area contributed by atoms with Crippen molar-refractivity contribution in [2.45, 2.75) is 77.8 Å². The number of carbonyl (C=O) groups excluding carboxylic acids is 2. The predicted molar refractivity (Wildman–Crippen MR) is 98.4 cm³/mol. The molecule has 0 heterocycles. The molecule has 0 bridgehead atoms. The molecule has 0 spiro atoms. The van der Waals surface area contributed by atoms with Gasteiger partial charge < -0.3 is 30.2 Å². The lowest BCUT2D eigenvalue weighted by molar-refractivity contribution is -0.135. The second kappa shape index (κ2) is 13.0. The third kappa shape index (κ3) is 12.2. The van der Waals surface area contributed by atoms with Crippen molar-refractivity contribution in [2.24, 2.45) is 0 Å². The fraction of sp³-hybridized carbons (Fsp3) is 0.889. The van der Waals surface area contributed by atoms with E-state index in [0.29, 0.717) is 12.8 Å². The van der Waals surface area contributed by atoms with Gasteiger partial charge in [0.05, 0.1) is 24.4 Å². The number of aliphatic hydroxyl groups excluding tert-OH is 4. The van der Waals surface area contributed by atoms with E-state index in [2.05, 4.69) is 0 Å². The lowest BCUT2D eigenvalue weighted by Crippen LogP contribution is -2.41. The number of aliphatic hydroxyl groups is 4. The lowest BCUT2D eigenvalue weighted by Gasteiger charge is -2.26. The van der Waals surface area contributed by atoms with Gasteiger partial charge in [0, 0.05) is 39.0 Å². The maximum Gasteiger partial charge on any atom is 0.222 e. The molecular formula is C18H36N2O6. The summed E-state index contributed by atoms with van der Waals surface area (Å²) in [6, 6.07) is 0. The van der Waals surface area contributed by atoms with Crippen molar-refractivity contribution in [1.29, 1.82) is 0 Å². The monoisotopic (exact) mass is 376 g/mol. The average Bonchev–Trinajstić information content (AvgIpc) is 2.47. The summed E-state index contributed by atoms with van der Waals surface area (Å²) in [5.74, 6) is -0.326. The van der Waals surface area contributed by atoms with E-state index >= 15 is 0 Å². The molecule has 0 fully saturated rings. The minimum Gasteiger partial charge on any atom is -0.392 e. The van der Waals surface area contributed by atoms with Gasteiger partial charge in [-0.15, -0.1) is 0 Å². The van der Waals surface area contributed by atoms with Gasteiger partial charge in [-0.05, 0) is 40.5 Å². The van der Waals surface area contributed by atoms with Gasteiger partial charge >= 0.3 is 0 Å². The molecule has 0 rings (SSSR count). The molecule has 0 aromatic rings. The molecular weight excluding hydrogens is 340 g/mol. The van der Waals surface area contributed by atoms with Crippen LogP contribution in [0, 0.1) is 0 Å². The number of unbranched alkanes of at least 4 members (excludes halogenated alkanes) is 1. The van der Waals surface area contributed by atoms with Crippen LogP contribution in [0.5, 0.6) is 0 Å². The summed E-state index contributed by atoms with van der Waals surface area (Å²) in [5.41, 5.74) is 0. The van der Waals surface area contributed by atoms with Crippen molar-refractivity contribution in [1.82, 2.24) is 9.80 Å². The third-order valence-electron chi connectivity index (χ3n) is 3.68. The van der Waals surface area contributed by atoms with Crippen LogP contribution >= 0.6 is 0 Å². The van der Waals surface area contributed by atoms with Crippen LogP contribution in [0.2, 0.25) is 0 Å². The normalized spacial score (nSPS) is 15.8. The predicted octanol–water partition coefficient (Wildman–Crippen LogP) is -0.273. The van der Waals surface area contributed by atoms with E-state index in [1.54, 1.807) is 27.7 Å². The Morgan fingerprint density at radius 2 is 0.846 bits per heavy atom. The molecule has 4 N–H and O–H groups in total. The largest absolute Gasteiger partial charge is 0.392 e. The first-order valence-corrected chi connectivity index (χ1v) is 9.30. The SMILES string of the molecule is CC(O)CN(CC(C)O)C(=O)CCCCC(=O)N(CC(C)O)CC(C)O. The quantitative estimate of drug-likeness (QED) is 0.328. The molecule has 8 nitrogen and oxygen atoms in total. The number of nitrogens with zero attached hydrogens (tertiary/aromatic N) is 2. The molecule has 0 aliphatic rings. The van der Waals surface area contributed by atoms with Gasteiger partial charge in [-0.25, -0.2) is 0 Å². The highest BCUT2D eigenvalue weighted by atomic mass is 16.3. The smallest absolute Gasteiger partial charge is 0.222 e. The first-order valence-electron chi connectivity index (χ1n) is 9.30. The van der Waals surface area contributed by atoms with E-state index in [4.69, 9.17) is 0 Å². The van der Waals surface area contributed by atoms with Crippen LogP contribution in [0.4, 0.5) is 0 Å². The van der Waals surface area contributed by atoms with Gasteiger partial charge in [-0.1, -0.05) is 0 Å². The Labute approximate surface area is 156 Å². The number of hydrogen-bond donors (Lipinski definition) is 4. The van der Waals surface area contributed by atoms with Crippen LogP contribution in [0.15, 0.2) is 0 Å². The number of rotatable bonds is 13. The Bertz CT molecular complexity index is 354. The fourth-order valence-electron chi connectivity index (χ4n) is 2.70. The zero-order valence-electron chi connectivity index (χ0n) is 16.5. The summed E-state index contributed by atoms with van der Waals surface area (Å²) in [7, 11) is 0. The van der Waals surface area contributed by atoms with Gasteiger partial charge in [0.25, 0.3) is 0 Å².